The summed E-state index contributed by atoms with van der Waals surface area (Å²) >= 11 is 6.06. The first-order valence-electron chi connectivity index (χ1n) is 11.6. The number of carbonyl (C=O) groups is 1. The molecule has 1 saturated heterocycles. The van der Waals surface area contributed by atoms with Crippen LogP contribution >= 0.6 is 11.6 Å². The van der Waals surface area contributed by atoms with E-state index in [1.165, 1.54) is 11.6 Å². The Morgan fingerprint density at radius 2 is 1.61 bits per heavy atom. The fourth-order valence-electron chi connectivity index (χ4n) is 4.43. The van der Waals surface area contributed by atoms with Crippen LogP contribution in [0.2, 0.25) is 5.02 Å². The summed E-state index contributed by atoms with van der Waals surface area (Å²) < 4.78 is 4.33. The van der Waals surface area contributed by atoms with E-state index in [4.69, 9.17) is 16.6 Å². The minimum Gasteiger partial charge on any atom is -0.339 e. The minimum absolute atomic E-state index is 0.160. The molecule has 1 aliphatic heterocycles. The summed E-state index contributed by atoms with van der Waals surface area (Å²) in [5.74, 6) is 0.585. The molecule has 0 unspecified atom stereocenters. The third-order valence-corrected chi connectivity index (χ3v) is 6.71. The normalized spacial score (nSPS) is 13.9. The van der Waals surface area contributed by atoms with Crippen molar-refractivity contribution in [2.75, 3.05) is 36.4 Å². The van der Waals surface area contributed by atoms with Crippen LogP contribution in [0.1, 0.15) is 5.56 Å². The number of halogens is 1. The van der Waals surface area contributed by atoms with Gasteiger partial charge in [-0.05, 0) is 29.8 Å². The van der Waals surface area contributed by atoms with Crippen LogP contribution < -0.4 is 21.5 Å². The third kappa shape index (κ3) is 4.35. The molecule has 1 fully saturated rings. The Morgan fingerprint density at radius 1 is 0.944 bits per heavy atom. The van der Waals surface area contributed by atoms with E-state index < -0.39 is 11.2 Å². The van der Waals surface area contributed by atoms with Gasteiger partial charge in [0.1, 0.15) is 0 Å². The van der Waals surface area contributed by atoms with Crippen LogP contribution in [0.4, 0.5) is 16.4 Å². The molecule has 10 nitrogen and oxygen atoms in total. The summed E-state index contributed by atoms with van der Waals surface area (Å²) in [6.45, 7) is 2.41. The van der Waals surface area contributed by atoms with Crippen LogP contribution in [-0.4, -0.2) is 55.8 Å². The second kappa shape index (κ2) is 9.54. The molecule has 5 rings (SSSR count). The van der Waals surface area contributed by atoms with Crippen molar-refractivity contribution in [2.45, 2.75) is 6.54 Å². The van der Waals surface area contributed by atoms with Crippen molar-refractivity contribution >= 4 is 40.4 Å². The number of aromatic nitrogens is 4. The molecule has 0 atom stereocenters. The van der Waals surface area contributed by atoms with E-state index in [0.717, 1.165) is 15.8 Å². The van der Waals surface area contributed by atoms with Crippen molar-refractivity contribution in [1.29, 1.82) is 0 Å². The molecule has 0 bridgehead atoms. The Labute approximate surface area is 211 Å². The Morgan fingerprint density at radius 3 is 2.28 bits per heavy atom. The lowest BCUT2D eigenvalue weighted by Gasteiger charge is -2.35. The van der Waals surface area contributed by atoms with Crippen LogP contribution in [-0.2, 0) is 20.6 Å². The van der Waals surface area contributed by atoms with Crippen molar-refractivity contribution in [3.05, 3.63) is 86.0 Å². The summed E-state index contributed by atoms with van der Waals surface area (Å²) in [5.41, 5.74) is 1.53. The molecule has 1 aliphatic rings. The fraction of sp³-hybridized carbons (Fsp3) is 0.280. The van der Waals surface area contributed by atoms with Gasteiger partial charge in [0, 0.05) is 51.0 Å². The molecule has 2 aromatic heterocycles. The molecule has 4 aromatic rings. The lowest BCUT2D eigenvalue weighted by atomic mass is 10.2. The Kier molecular flexibility index (Phi) is 6.27. The zero-order valence-electron chi connectivity index (χ0n) is 20.0. The van der Waals surface area contributed by atoms with E-state index in [-0.39, 0.29) is 6.03 Å². The third-order valence-electron chi connectivity index (χ3n) is 6.46. The number of amides is 2. The Balaban J connectivity index is 1.46. The van der Waals surface area contributed by atoms with E-state index in [1.54, 1.807) is 24.1 Å². The van der Waals surface area contributed by atoms with E-state index in [9.17, 15) is 14.4 Å². The highest BCUT2D eigenvalue weighted by molar-refractivity contribution is 6.30. The molecular formula is C25H26ClN7O3. The molecule has 2 aromatic carbocycles. The number of nitrogens with zero attached hydrogens (tertiary/aromatic N) is 6. The quantitative estimate of drug-likeness (QED) is 0.458. The van der Waals surface area contributed by atoms with Crippen LogP contribution in [0.25, 0.3) is 11.2 Å². The first-order chi connectivity index (χ1) is 17.3. The summed E-state index contributed by atoms with van der Waals surface area (Å²) in [5, 5.41) is 3.54. The number of carbonyl (C=O) groups excluding carboxylic acids is 1. The lowest BCUT2D eigenvalue weighted by molar-refractivity contribution is 0.208. The number of piperazine rings is 1. The van der Waals surface area contributed by atoms with Gasteiger partial charge < -0.3 is 15.1 Å². The highest BCUT2D eigenvalue weighted by Crippen LogP contribution is 2.23. The van der Waals surface area contributed by atoms with Crippen molar-refractivity contribution in [1.82, 2.24) is 23.6 Å². The van der Waals surface area contributed by atoms with Gasteiger partial charge in [-0.1, -0.05) is 41.9 Å². The van der Waals surface area contributed by atoms with E-state index in [2.05, 4.69) is 5.32 Å². The summed E-state index contributed by atoms with van der Waals surface area (Å²) in [6.07, 6.45) is 0. The van der Waals surface area contributed by atoms with Crippen molar-refractivity contribution in [2.24, 2.45) is 14.1 Å². The maximum absolute atomic E-state index is 13.2. The molecular weight excluding hydrogens is 482 g/mol. The second-order valence-corrected chi connectivity index (χ2v) is 9.21. The summed E-state index contributed by atoms with van der Waals surface area (Å²) in [6, 6.07) is 16.6. The highest BCUT2D eigenvalue weighted by atomic mass is 35.5. The van der Waals surface area contributed by atoms with E-state index in [0.29, 0.717) is 54.9 Å². The van der Waals surface area contributed by atoms with Gasteiger partial charge in [0.05, 0.1) is 6.54 Å². The van der Waals surface area contributed by atoms with Crippen molar-refractivity contribution in [3.8, 4) is 0 Å². The van der Waals surface area contributed by atoms with Gasteiger partial charge in [-0.2, -0.15) is 4.98 Å². The molecule has 1 N–H and O–H groups in total. The maximum atomic E-state index is 13.2. The molecule has 0 aliphatic carbocycles. The monoisotopic (exact) mass is 507 g/mol. The number of urea groups is 1. The number of rotatable bonds is 4. The first kappa shape index (κ1) is 23.7. The van der Waals surface area contributed by atoms with Gasteiger partial charge in [-0.3, -0.25) is 18.5 Å². The molecule has 3 heterocycles. The SMILES string of the molecule is Cn1c(=O)c2c(nc(N3CCN(C(=O)Nc4ccccc4)CC3)n2Cc2ccc(Cl)cc2)n(C)c1=O. The second-order valence-electron chi connectivity index (χ2n) is 8.77. The van der Waals surface area contributed by atoms with Crippen LogP contribution in [0.15, 0.2) is 64.2 Å². The largest absolute Gasteiger partial charge is 0.339 e. The predicted molar refractivity (Wildman–Crippen MR) is 140 cm³/mol. The predicted octanol–water partition coefficient (Wildman–Crippen LogP) is 2.49. The Hall–Kier alpha value is -4.05. The van der Waals surface area contributed by atoms with E-state index in [1.807, 2.05) is 51.9 Å². The number of benzene rings is 2. The van der Waals surface area contributed by atoms with Gasteiger partial charge in [-0.15, -0.1) is 0 Å². The standard InChI is InChI=1S/C25H26ClN7O3/c1-29-21-20(22(34)30(2)25(29)36)33(16-17-8-10-18(26)11-9-17)23(28-21)31-12-14-32(15-13-31)24(35)27-19-6-4-3-5-7-19/h3-11H,12-16H2,1-2H3,(H,27,35). The summed E-state index contributed by atoms with van der Waals surface area (Å²) in [4.78, 5) is 47.0. The van der Waals surface area contributed by atoms with Gasteiger partial charge in [-0.25, -0.2) is 9.59 Å². The van der Waals surface area contributed by atoms with Gasteiger partial charge in [0.15, 0.2) is 11.2 Å². The van der Waals surface area contributed by atoms with Gasteiger partial charge in [0.25, 0.3) is 5.56 Å². The molecule has 11 heteroatoms. The number of hydrogen-bond donors (Lipinski definition) is 1. The molecule has 36 heavy (non-hydrogen) atoms. The van der Waals surface area contributed by atoms with Crippen LogP contribution in [0, 0.1) is 0 Å². The van der Waals surface area contributed by atoms with E-state index >= 15 is 0 Å². The van der Waals surface area contributed by atoms with Gasteiger partial charge >= 0.3 is 11.7 Å². The zero-order valence-corrected chi connectivity index (χ0v) is 20.8. The highest BCUT2D eigenvalue weighted by Gasteiger charge is 2.27. The fourth-order valence-corrected chi connectivity index (χ4v) is 4.56. The number of hydrogen-bond acceptors (Lipinski definition) is 5. The molecule has 0 saturated carbocycles. The smallest absolute Gasteiger partial charge is 0.332 e. The molecule has 0 radical (unpaired) electrons. The minimum atomic E-state index is -0.433. The molecule has 186 valence electrons. The number of anilines is 2. The number of nitrogens with one attached hydrogen (secondary N) is 1. The average Bonchev–Trinajstić information content (AvgIpc) is 3.27. The first-order valence-corrected chi connectivity index (χ1v) is 12.0. The maximum Gasteiger partial charge on any atom is 0.332 e. The lowest BCUT2D eigenvalue weighted by Crippen LogP contribution is -2.50. The molecule has 0 spiro atoms. The zero-order chi connectivity index (χ0) is 25.4. The van der Waals surface area contributed by atoms with Crippen LogP contribution in [0.3, 0.4) is 0 Å². The molecule has 2 amide bonds. The van der Waals surface area contributed by atoms with Crippen molar-refractivity contribution in [3.63, 3.8) is 0 Å². The topological polar surface area (TPSA) is 97.4 Å². The number of para-hydroxylation sites is 1. The van der Waals surface area contributed by atoms with Gasteiger partial charge in [0.2, 0.25) is 5.95 Å². The average molecular weight is 508 g/mol. The number of fused-ring (bicyclic) bond motifs is 1. The summed E-state index contributed by atoms with van der Waals surface area (Å²) in [7, 11) is 3.08. The number of aryl methyl sites for hydroxylation is 1. The number of imidazole rings is 1. The Bertz CT molecular complexity index is 1530. The van der Waals surface area contributed by atoms with Crippen molar-refractivity contribution < 1.29 is 4.79 Å². The van der Waals surface area contributed by atoms with Crippen LogP contribution in [0.5, 0.6) is 0 Å².